The SMILES string of the molecule is Cc1ccccc1Oc1cccc(CNc2ccc(C(=O)O)cc2)c1. The zero-order valence-corrected chi connectivity index (χ0v) is 13.9. The van der Waals surface area contributed by atoms with Crippen molar-refractivity contribution in [2.24, 2.45) is 0 Å². The molecule has 0 saturated carbocycles. The second-order valence-corrected chi connectivity index (χ2v) is 5.75. The first-order valence-corrected chi connectivity index (χ1v) is 8.01. The third kappa shape index (κ3) is 4.38. The molecule has 0 heterocycles. The van der Waals surface area contributed by atoms with Crippen LogP contribution in [-0.4, -0.2) is 11.1 Å². The number of hydrogen-bond donors (Lipinski definition) is 2. The van der Waals surface area contributed by atoms with Crippen LogP contribution in [0.3, 0.4) is 0 Å². The summed E-state index contributed by atoms with van der Waals surface area (Å²) in [5, 5.41) is 12.2. The van der Waals surface area contributed by atoms with Gasteiger partial charge in [0.2, 0.25) is 0 Å². The Kier molecular flexibility index (Phi) is 5.00. The summed E-state index contributed by atoms with van der Waals surface area (Å²) in [7, 11) is 0. The number of carboxylic acid groups (broad SMARTS) is 1. The third-order valence-electron chi connectivity index (χ3n) is 3.85. The van der Waals surface area contributed by atoms with Gasteiger partial charge in [-0.3, -0.25) is 0 Å². The number of nitrogens with one attached hydrogen (secondary N) is 1. The molecule has 2 N–H and O–H groups in total. The molecule has 0 atom stereocenters. The van der Waals surface area contributed by atoms with Crippen molar-refractivity contribution in [2.75, 3.05) is 5.32 Å². The number of rotatable bonds is 6. The highest BCUT2D eigenvalue weighted by Crippen LogP contribution is 2.25. The highest BCUT2D eigenvalue weighted by Gasteiger charge is 2.03. The summed E-state index contributed by atoms with van der Waals surface area (Å²) in [5.74, 6) is 0.708. The van der Waals surface area contributed by atoms with Gasteiger partial charge in [-0.25, -0.2) is 4.79 Å². The van der Waals surface area contributed by atoms with E-state index in [9.17, 15) is 4.79 Å². The monoisotopic (exact) mass is 333 g/mol. The van der Waals surface area contributed by atoms with E-state index in [2.05, 4.69) is 5.32 Å². The average Bonchev–Trinajstić information content (AvgIpc) is 2.63. The van der Waals surface area contributed by atoms with Crippen molar-refractivity contribution in [1.29, 1.82) is 0 Å². The van der Waals surface area contributed by atoms with E-state index in [-0.39, 0.29) is 5.56 Å². The number of aryl methyl sites for hydroxylation is 1. The summed E-state index contributed by atoms with van der Waals surface area (Å²) >= 11 is 0. The lowest BCUT2D eigenvalue weighted by molar-refractivity contribution is 0.0697. The lowest BCUT2D eigenvalue weighted by Gasteiger charge is -2.11. The van der Waals surface area contributed by atoms with Gasteiger partial charge in [0, 0.05) is 12.2 Å². The van der Waals surface area contributed by atoms with Gasteiger partial charge in [0.05, 0.1) is 5.56 Å². The minimum Gasteiger partial charge on any atom is -0.478 e. The fraction of sp³-hybridized carbons (Fsp3) is 0.0952. The Bertz CT molecular complexity index is 872. The van der Waals surface area contributed by atoms with Crippen molar-refractivity contribution < 1.29 is 14.6 Å². The van der Waals surface area contributed by atoms with E-state index >= 15 is 0 Å². The highest BCUT2D eigenvalue weighted by atomic mass is 16.5. The molecule has 0 saturated heterocycles. The Morgan fingerprint density at radius 1 is 1.00 bits per heavy atom. The minimum absolute atomic E-state index is 0.277. The summed E-state index contributed by atoms with van der Waals surface area (Å²) in [6.07, 6.45) is 0. The molecule has 0 amide bonds. The second-order valence-electron chi connectivity index (χ2n) is 5.75. The molecule has 0 aliphatic rings. The molecule has 0 aromatic heterocycles. The smallest absolute Gasteiger partial charge is 0.335 e. The van der Waals surface area contributed by atoms with Crippen LogP contribution in [0.25, 0.3) is 0 Å². The summed E-state index contributed by atoms with van der Waals surface area (Å²) in [6, 6.07) is 22.5. The Hall–Kier alpha value is -3.27. The maximum absolute atomic E-state index is 10.9. The van der Waals surface area contributed by atoms with Crippen LogP contribution < -0.4 is 10.1 Å². The highest BCUT2D eigenvalue weighted by molar-refractivity contribution is 5.87. The number of carbonyl (C=O) groups is 1. The van der Waals surface area contributed by atoms with Gasteiger partial charge in [0.1, 0.15) is 11.5 Å². The molecular weight excluding hydrogens is 314 g/mol. The molecule has 0 spiro atoms. The maximum atomic E-state index is 10.9. The quantitative estimate of drug-likeness (QED) is 0.659. The van der Waals surface area contributed by atoms with Gasteiger partial charge in [-0.1, -0.05) is 30.3 Å². The largest absolute Gasteiger partial charge is 0.478 e. The van der Waals surface area contributed by atoms with E-state index in [1.54, 1.807) is 24.3 Å². The zero-order valence-electron chi connectivity index (χ0n) is 13.9. The number of ether oxygens (including phenoxy) is 1. The van der Waals surface area contributed by atoms with Crippen molar-refractivity contribution in [3.63, 3.8) is 0 Å². The standard InChI is InChI=1S/C21H19NO3/c1-15-5-2-3-8-20(15)25-19-7-4-6-16(13-19)14-22-18-11-9-17(10-12-18)21(23)24/h2-13,22H,14H2,1H3,(H,23,24). The van der Waals surface area contributed by atoms with Crippen LogP contribution in [0.4, 0.5) is 5.69 Å². The first-order valence-electron chi connectivity index (χ1n) is 8.01. The van der Waals surface area contributed by atoms with E-state index in [4.69, 9.17) is 9.84 Å². The van der Waals surface area contributed by atoms with Gasteiger partial charge in [0.15, 0.2) is 0 Å². The van der Waals surface area contributed by atoms with Crippen molar-refractivity contribution >= 4 is 11.7 Å². The summed E-state index contributed by atoms with van der Waals surface area (Å²) in [5.41, 5.74) is 3.31. The third-order valence-corrected chi connectivity index (χ3v) is 3.85. The van der Waals surface area contributed by atoms with Crippen molar-refractivity contribution in [1.82, 2.24) is 0 Å². The molecule has 0 aliphatic carbocycles. The number of benzene rings is 3. The zero-order chi connectivity index (χ0) is 17.6. The lowest BCUT2D eigenvalue weighted by atomic mass is 10.2. The van der Waals surface area contributed by atoms with Gasteiger partial charge in [-0.15, -0.1) is 0 Å². The van der Waals surface area contributed by atoms with Gasteiger partial charge in [0.25, 0.3) is 0 Å². The Morgan fingerprint density at radius 3 is 2.48 bits per heavy atom. The lowest BCUT2D eigenvalue weighted by Crippen LogP contribution is -2.01. The molecule has 0 unspecified atom stereocenters. The van der Waals surface area contributed by atoms with Crippen LogP contribution in [-0.2, 0) is 6.54 Å². The van der Waals surface area contributed by atoms with Crippen LogP contribution in [0.2, 0.25) is 0 Å². The van der Waals surface area contributed by atoms with E-state index in [0.717, 1.165) is 28.3 Å². The fourth-order valence-corrected chi connectivity index (χ4v) is 2.45. The van der Waals surface area contributed by atoms with Crippen LogP contribution >= 0.6 is 0 Å². The summed E-state index contributed by atoms with van der Waals surface area (Å²) < 4.78 is 5.95. The molecule has 0 aliphatic heterocycles. The first-order chi connectivity index (χ1) is 12.1. The molecule has 3 aromatic carbocycles. The van der Waals surface area contributed by atoms with E-state index in [1.807, 2.05) is 55.5 Å². The fourth-order valence-electron chi connectivity index (χ4n) is 2.45. The molecule has 25 heavy (non-hydrogen) atoms. The predicted octanol–water partition coefficient (Wildman–Crippen LogP) is 5.10. The molecular formula is C21H19NO3. The van der Waals surface area contributed by atoms with Crippen LogP contribution in [0.1, 0.15) is 21.5 Å². The van der Waals surface area contributed by atoms with Crippen molar-refractivity contribution in [3.05, 3.63) is 89.5 Å². The van der Waals surface area contributed by atoms with E-state index in [0.29, 0.717) is 6.54 Å². The summed E-state index contributed by atoms with van der Waals surface area (Å²) in [4.78, 5) is 10.9. The molecule has 3 rings (SSSR count). The summed E-state index contributed by atoms with van der Waals surface area (Å²) in [6.45, 7) is 2.64. The number of carboxylic acids is 1. The normalized spacial score (nSPS) is 10.3. The molecule has 126 valence electrons. The predicted molar refractivity (Wildman–Crippen MR) is 98.4 cm³/mol. The number of hydrogen-bond acceptors (Lipinski definition) is 3. The first kappa shape index (κ1) is 16.6. The Morgan fingerprint density at radius 2 is 1.76 bits per heavy atom. The van der Waals surface area contributed by atoms with Crippen molar-refractivity contribution in [2.45, 2.75) is 13.5 Å². The molecule has 4 heteroatoms. The van der Waals surface area contributed by atoms with Crippen molar-refractivity contribution in [3.8, 4) is 11.5 Å². The average molecular weight is 333 g/mol. The molecule has 0 fully saturated rings. The van der Waals surface area contributed by atoms with Gasteiger partial charge >= 0.3 is 5.97 Å². The van der Waals surface area contributed by atoms with E-state index < -0.39 is 5.97 Å². The molecule has 0 radical (unpaired) electrons. The number of aromatic carboxylic acids is 1. The van der Waals surface area contributed by atoms with Gasteiger partial charge in [-0.05, 0) is 60.5 Å². The second kappa shape index (κ2) is 7.53. The Labute approximate surface area is 146 Å². The molecule has 0 bridgehead atoms. The van der Waals surface area contributed by atoms with Gasteiger partial charge < -0.3 is 15.2 Å². The number of anilines is 1. The maximum Gasteiger partial charge on any atom is 0.335 e. The molecule has 3 aromatic rings. The topological polar surface area (TPSA) is 58.6 Å². The van der Waals surface area contributed by atoms with E-state index in [1.165, 1.54) is 0 Å². The van der Waals surface area contributed by atoms with Crippen LogP contribution in [0.15, 0.2) is 72.8 Å². The van der Waals surface area contributed by atoms with Crippen LogP contribution in [0, 0.1) is 6.92 Å². The Balaban J connectivity index is 1.65. The van der Waals surface area contributed by atoms with Gasteiger partial charge in [-0.2, -0.15) is 0 Å². The minimum atomic E-state index is -0.924. The number of para-hydroxylation sites is 1. The molecule has 4 nitrogen and oxygen atoms in total. The van der Waals surface area contributed by atoms with Crippen LogP contribution in [0.5, 0.6) is 11.5 Å².